The lowest BCUT2D eigenvalue weighted by atomic mass is 10.1. The van der Waals surface area contributed by atoms with E-state index in [1.54, 1.807) is 0 Å². The minimum absolute atomic E-state index is 0.264. The average molecular weight is 231 g/mol. The molecule has 1 saturated heterocycles. The van der Waals surface area contributed by atoms with Gasteiger partial charge >= 0.3 is 0 Å². The minimum Gasteiger partial charge on any atom is -0.316 e. The molecule has 1 aliphatic rings. The first-order valence-electron chi connectivity index (χ1n) is 6.71. The zero-order valence-corrected chi connectivity index (χ0v) is 10.5. The largest absolute Gasteiger partial charge is 0.316 e. The molecular weight excluding hydrogens is 208 g/mol. The van der Waals surface area contributed by atoms with Gasteiger partial charge in [-0.2, -0.15) is 0 Å². The third kappa shape index (κ3) is 4.14. The van der Waals surface area contributed by atoms with Crippen molar-refractivity contribution < 1.29 is 0 Å². The third-order valence-corrected chi connectivity index (χ3v) is 3.50. The maximum absolute atomic E-state index is 6.07. The summed E-state index contributed by atoms with van der Waals surface area (Å²) in [7, 11) is 0. The second kappa shape index (κ2) is 6.77. The van der Waals surface area contributed by atoms with Crippen LogP contribution in [0.4, 0.5) is 0 Å². The Balaban J connectivity index is 1.63. The van der Waals surface area contributed by atoms with E-state index in [1.165, 1.54) is 31.2 Å². The maximum Gasteiger partial charge on any atom is 0.0574 e. The monoisotopic (exact) mass is 231 g/mol. The van der Waals surface area contributed by atoms with Crippen molar-refractivity contribution in [2.75, 3.05) is 13.1 Å². The highest BCUT2D eigenvalue weighted by atomic mass is 15.2. The quantitative estimate of drug-likeness (QED) is 0.789. The van der Waals surface area contributed by atoms with Crippen LogP contribution in [0.3, 0.4) is 0 Å². The van der Waals surface area contributed by atoms with Gasteiger partial charge in [-0.25, -0.2) is 0 Å². The predicted octanol–water partition coefficient (Wildman–Crippen LogP) is 2.59. The number of benzene rings is 1. The Labute approximate surface area is 105 Å². The number of likely N-dealkylation sites (tertiary alicyclic amines) is 1. The molecule has 1 unspecified atom stereocenters. The van der Waals surface area contributed by atoms with Crippen LogP contribution in [0.15, 0.2) is 30.3 Å². The molecule has 2 rings (SSSR count). The molecule has 1 heterocycles. The summed E-state index contributed by atoms with van der Waals surface area (Å²) in [6.07, 6.45) is 8.53. The normalized spacial score (nSPS) is 21.6. The molecule has 2 nitrogen and oxygen atoms in total. The number of hydrogen-bond acceptors (Lipinski definition) is 2. The topological polar surface area (TPSA) is 29.3 Å². The summed E-state index contributed by atoms with van der Waals surface area (Å²) in [6.45, 7) is 2.30. The fourth-order valence-electron chi connectivity index (χ4n) is 2.43. The Hall–Kier alpha value is -0.860. The van der Waals surface area contributed by atoms with Gasteiger partial charge in [0, 0.05) is 0 Å². The van der Waals surface area contributed by atoms with Crippen LogP contribution in [0.5, 0.6) is 0 Å². The fourth-order valence-corrected chi connectivity index (χ4v) is 2.43. The summed E-state index contributed by atoms with van der Waals surface area (Å²) >= 11 is 0. The lowest BCUT2D eigenvalue weighted by Crippen LogP contribution is -2.45. The van der Waals surface area contributed by atoms with Crippen molar-refractivity contribution in [3.05, 3.63) is 42.3 Å². The van der Waals surface area contributed by atoms with Gasteiger partial charge in [0.15, 0.2) is 0 Å². The molecule has 1 aliphatic heterocycles. The van der Waals surface area contributed by atoms with E-state index in [0.717, 1.165) is 19.5 Å². The zero-order chi connectivity index (χ0) is 11.9. The number of aryl methyl sites for hydroxylation is 1. The van der Waals surface area contributed by atoms with Gasteiger partial charge < -0.3 is 5.73 Å². The Morgan fingerprint density at radius 3 is 2.76 bits per heavy atom. The average Bonchev–Trinajstić information content (AvgIpc) is 2.38. The first-order valence-corrected chi connectivity index (χ1v) is 6.71. The van der Waals surface area contributed by atoms with E-state index < -0.39 is 0 Å². The van der Waals surface area contributed by atoms with Gasteiger partial charge in [-0.1, -0.05) is 30.3 Å². The zero-order valence-electron chi connectivity index (χ0n) is 10.5. The maximum atomic E-state index is 6.07. The van der Waals surface area contributed by atoms with Gasteiger partial charge in [0.05, 0.1) is 6.17 Å². The van der Waals surface area contributed by atoms with Crippen LogP contribution < -0.4 is 5.73 Å². The van der Waals surface area contributed by atoms with E-state index in [-0.39, 0.29) is 6.17 Å². The van der Waals surface area contributed by atoms with Crippen molar-refractivity contribution in [2.24, 2.45) is 5.73 Å². The molecule has 0 aliphatic carbocycles. The van der Waals surface area contributed by atoms with Crippen molar-refractivity contribution in [3.8, 4) is 0 Å². The molecule has 1 aromatic carbocycles. The molecular formula is C15H23N2. The summed E-state index contributed by atoms with van der Waals surface area (Å²) in [5, 5.41) is 0. The lowest BCUT2D eigenvalue weighted by Gasteiger charge is -2.32. The molecule has 1 radical (unpaired) electrons. The number of hydrogen-bond donors (Lipinski definition) is 1. The predicted molar refractivity (Wildman–Crippen MR) is 72.5 cm³/mol. The van der Waals surface area contributed by atoms with Crippen LogP contribution >= 0.6 is 0 Å². The van der Waals surface area contributed by atoms with Crippen LogP contribution in [-0.2, 0) is 6.42 Å². The Morgan fingerprint density at radius 1 is 1.18 bits per heavy atom. The van der Waals surface area contributed by atoms with Crippen molar-refractivity contribution in [3.63, 3.8) is 0 Å². The third-order valence-electron chi connectivity index (χ3n) is 3.50. The second-order valence-corrected chi connectivity index (χ2v) is 4.86. The first-order chi connectivity index (χ1) is 8.36. The first kappa shape index (κ1) is 12.6. The van der Waals surface area contributed by atoms with Crippen LogP contribution in [0.2, 0.25) is 0 Å². The highest BCUT2D eigenvalue weighted by Gasteiger charge is 2.17. The van der Waals surface area contributed by atoms with E-state index in [2.05, 4.69) is 41.7 Å². The van der Waals surface area contributed by atoms with Crippen molar-refractivity contribution >= 4 is 0 Å². The van der Waals surface area contributed by atoms with Gasteiger partial charge in [0.25, 0.3) is 0 Å². The Bertz CT molecular complexity index is 310. The Morgan fingerprint density at radius 2 is 2.00 bits per heavy atom. The number of rotatable bonds is 5. The van der Waals surface area contributed by atoms with Gasteiger partial charge in [-0.3, -0.25) is 4.90 Å². The van der Waals surface area contributed by atoms with E-state index in [0.29, 0.717) is 0 Å². The number of nitrogens with two attached hydrogens (primary N) is 1. The fraction of sp³-hybridized carbons (Fsp3) is 0.533. The molecule has 2 heteroatoms. The summed E-state index contributed by atoms with van der Waals surface area (Å²) in [5.41, 5.74) is 7.51. The SMILES string of the molecule is NC1C[CH]CCN1CCCCc1ccccc1. The molecule has 0 bridgehead atoms. The highest BCUT2D eigenvalue weighted by Crippen LogP contribution is 2.13. The van der Waals surface area contributed by atoms with E-state index >= 15 is 0 Å². The number of piperidine rings is 1. The molecule has 1 aromatic rings. The van der Waals surface area contributed by atoms with Crippen LogP contribution in [-0.4, -0.2) is 24.2 Å². The smallest absolute Gasteiger partial charge is 0.0574 e. The van der Waals surface area contributed by atoms with Gasteiger partial charge in [-0.05, 0) is 57.2 Å². The van der Waals surface area contributed by atoms with Crippen molar-refractivity contribution in [1.29, 1.82) is 0 Å². The molecule has 1 fully saturated rings. The standard InChI is InChI=1S/C15H23N2/c16-15-11-5-7-13-17(15)12-6-4-10-14-8-2-1-3-9-14/h1-3,5,8-9,15H,4,6-7,10-13,16H2. The Kier molecular flexibility index (Phi) is 5.02. The molecule has 93 valence electrons. The van der Waals surface area contributed by atoms with Crippen LogP contribution in [0.1, 0.15) is 31.2 Å². The summed E-state index contributed by atoms with van der Waals surface area (Å²) < 4.78 is 0. The van der Waals surface area contributed by atoms with Crippen LogP contribution in [0, 0.1) is 6.42 Å². The number of nitrogens with zero attached hydrogens (tertiary/aromatic N) is 1. The molecule has 17 heavy (non-hydrogen) atoms. The second-order valence-electron chi connectivity index (χ2n) is 4.86. The van der Waals surface area contributed by atoms with Crippen molar-refractivity contribution in [1.82, 2.24) is 4.90 Å². The van der Waals surface area contributed by atoms with E-state index in [9.17, 15) is 0 Å². The van der Waals surface area contributed by atoms with Gasteiger partial charge in [0.2, 0.25) is 0 Å². The molecule has 0 amide bonds. The van der Waals surface area contributed by atoms with E-state index in [1.807, 2.05) is 0 Å². The van der Waals surface area contributed by atoms with Gasteiger partial charge in [0.1, 0.15) is 0 Å². The van der Waals surface area contributed by atoms with Gasteiger partial charge in [-0.15, -0.1) is 0 Å². The summed E-state index contributed by atoms with van der Waals surface area (Å²) in [5.74, 6) is 0. The molecule has 0 saturated carbocycles. The summed E-state index contributed by atoms with van der Waals surface area (Å²) in [6, 6.07) is 10.7. The highest BCUT2D eigenvalue weighted by molar-refractivity contribution is 5.14. The summed E-state index contributed by atoms with van der Waals surface area (Å²) in [4.78, 5) is 2.42. The number of unbranched alkanes of at least 4 members (excludes halogenated alkanes) is 1. The molecule has 1 atom stereocenters. The van der Waals surface area contributed by atoms with E-state index in [4.69, 9.17) is 5.73 Å². The molecule has 0 aromatic heterocycles. The van der Waals surface area contributed by atoms with Crippen molar-refractivity contribution in [2.45, 2.75) is 38.3 Å². The molecule has 0 spiro atoms. The molecule has 2 N–H and O–H groups in total. The lowest BCUT2D eigenvalue weighted by molar-refractivity contribution is 0.172. The van der Waals surface area contributed by atoms with Crippen LogP contribution in [0.25, 0.3) is 0 Å². The minimum atomic E-state index is 0.264.